The van der Waals surface area contributed by atoms with E-state index < -0.39 is 6.04 Å². The third kappa shape index (κ3) is 3.20. The number of benzene rings is 1. The average molecular weight is 338 g/mol. The number of halogens is 1. The van der Waals surface area contributed by atoms with Crippen molar-refractivity contribution in [1.82, 2.24) is 10.2 Å². The second-order valence-electron chi connectivity index (χ2n) is 5.78. The van der Waals surface area contributed by atoms with Crippen LogP contribution in [0.3, 0.4) is 0 Å². The predicted octanol–water partition coefficient (Wildman–Crippen LogP) is 0.892. The topological polar surface area (TPSA) is 61.9 Å². The quantitative estimate of drug-likeness (QED) is 0.890. The molecular weight excluding hydrogens is 318 g/mol. The minimum Gasteiger partial charge on any atom is -0.378 e. The van der Waals surface area contributed by atoms with E-state index in [-0.39, 0.29) is 17.9 Å². The first-order chi connectivity index (χ1) is 11.1. The van der Waals surface area contributed by atoms with Crippen molar-refractivity contribution in [3.8, 4) is 0 Å². The first kappa shape index (κ1) is 16.2. The Kier molecular flexibility index (Phi) is 4.84. The number of carbonyl (C=O) groups excluding carboxylic acids is 2. The van der Waals surface area contributed by atoms with Crippen LogP contribution in [0.5, 0.6) is 0 Å². The van der Waals surface area contributed by atoms with E-state index in [1.807, 2.05) is 18.2 Å². The van der Waals surface area contributed by atoms with Crippen molar-refractivity contribution in [2.75, 3.05) is 38.3 Å². The molecule has 2 fully saturated rings. The molecular formula is C16H20ClN3O3. The lowest BCUT2D eigenvalue weighted by atomic mass is 10.1. The summed E-state index contributed by atoms with van der Waals surface area (Å²) in [6.45, 7) is 2.16. The molecule has 23 heavy (non-hydrogen) atoms. The molecule has 2 aliphatic heterocycles. The number of hydrogen-bond donors (Lipinski definition) is 1. The van der Waals surface area contributed by atoms with Gasteiger partial charge >= 0.3 is 0 Å². The number of anilines is 1. The Morgan fingerprint density at radius 1 is 1.43 bits per heavy atom. The maximum atomic E-state index is 12.7. The lowest BCUT2D eigenvalue weighted by Gasteiger charge is -2.30. The van der Waals surface area contributed by atoms with Crippen molar-refractivity contribution in [2.45, 2.75) is 18.5 Å². The number of rotatable bonds is 3. The Bertz CT molecular complexity index is 604. The van der Waals surface area contributed by atoms with Gasteiger partial charge in [0.2, 0.25) is 11.8 Å². The average Bonchev–Trinajstić information content (AvgIpc) is 2.96. The summed E-state index contributed by atoms with van der Waals surface area (Å²) in [5.74, 6) is -0.199. The van der Waals surface area contributed by atoms with Gasteiger partial charge in [-0.2, -0.15) is 0 Å². The number of nitrogens with zero attached hydrogens (tertiary/aromatic N) is 2. The summed E-state index contributed by atoms with van der Waals surface area (Å²) in [6.07, 6.45) is 0.597. The van der Waals surface area contributed by atoms with Gasteiger partial charge in [0.25, 0.3) is 0 Å². The predicted molar refractivity (Wildman–Crippen MR) is 87.6 cm³/mol. The van der Waals surface area contributed by atoms with Crippen molar-refractivity contribution >= 4 is 29.1 Å². The largest absolute Gasteiger partial charge is 0.378 e. The molecule has 0 spiro atoms. The number of morpholine rings is 1. The number of para-hydroxylation sites is 1. The summed E-state index contributed by atoms with van der Waals surface area (Å²) in [6, 6.07) is 6.42. The molecule has 2 saturated heterocycles. The number of nitrogens with one attached hydrogen (secondary N) is 1. The van der Waals surface area contributed by atoms with Crippen LogP contribution in [0.15, 0.2) is 24.3 Å². The van der Waals surface area contributed by atoms with E-state index in [0.717, 1.165) is 0 Å². The number of ether oxygens (including phenoxy) is 1. The van der Waals surface area contributed by atoms with E-state index in [1.54, 1.807) is 18.0 Å². The summed E-state index contributed by atoms with van der Waals surface area (Å²) in [5.41, 5.74) is 0.696. The fourth-order valence-corrected chi connectivity index (χ4v) is 3.30. The molecule has 0 saturated carbocycles. The fourth-order valence-electron chi connectivity index (χ4n) is 3.06. The van der Waals surface area contributed by atoms with Gasteiger partial charge in [-0.25, -0.2) is 0 Å². The Hall–Kier alpha value is -1.63. The van der Waals surface area contributed by atoms with Crippen molar-refractivity contribution < 1.29 is 14.3 Å². The molecule has 1 aromatic rings. The van der Waals surface area contributed by atoms with Crippen LogP contribution in [0.4, 0.5) is 5.69 Å². The molecule has 2 amide bonds. The molecule has 2 atom stereocenters. The van der Waals surface area contributed by atoms with Gasteiger partial charge < -0.3 is 19.9 Å². The lowest BCUT2D eigenvalue weighted by molar-refractivity contribution is -0.140. The zero-order valence-corrected chi connectivity index (χ0v) is 13.8. The highest BCUT2D eigenvalue weighted by Crippen LogP contribution is 2.30. The van der Waals surface area contributed by atoms with E-state index in [0.29, 0.717) is 43.4 Å². The SMILES string of the molecule is CN(C(=O)[C@H]1COCCN1)[C@@H]1CCN(c2ccccc2Cl)C1=O. The molecule has 0 unspecified atom stereocenters. The summed E-state index contributed by atoms with van der Waals surface area (Å²) >= 11 is 6.18. The third-order valence-corrected chi connectivity index (χ3v) is 4.67. The normalized spacial score (nSPS) is 24.8. The molecule has 2 aliphatic rings. The Morgan fingerprint density at radius 3 is 2.91 bits per heavy atom. The molecule has 6 nitrogen and oxygen atoms in total. The fraction of sp³-hybridized carbons (Fsp3) is 0.500. The second kappa shape index (κ2) is 6.86. The minimum atomic E-state index is -0.456. The zero-order chi connectivity index (χ0) is 16.4. The highest BCUT2D eigenvalue weighted by Gasteiger charge is 2.39. The van der Waals surface area contributed by atoms with Crippen LogP contribution in [0, 0.1) is 0 Å². The number of likely N-dealkylation sites (N-methyl/N-ethyl adjacent to an activating group) is 1. The smallest absolute Gasteiger partial charge is 0.249 e. The molecule has 124 valence electrons. The first-order valence-electron chi connectivity index (χ1n) is 7.73. The molecule has 1 aromatic carbocycles. The Labute approximate surface area is 140 Å². The molecule has 2 heterocycles. The highest BCUT2D eigenvalue weighted by atomic mass is 35.5. The minimum absolute atomic E-state index is 0.0920. The van der Waals surface area contributed by atoms with Gasteiger partial charge in [-0.15, -0.1) is 0 Å². The van der Waals surface area contributed by atoms with Crippen LogP contribution in [-0.4, -0.2) is 62.1 Å². The third-order valence-electron chi connectivity index (χ3n) is 4.36. The van der Waals surface area contributed by atoms with Crippen LogP contribution in [0.25, 0.3) is 0 Å². The van der Waals surface area contributed by atoms with Crippen LogP contribution in [0.2, 0.25) is 5.02 Å². The standard InChI is InChI=1S/C16H20ClN3O3/c1-19(15(21)12-10-23-9-7-18-12)14-6-8-20(16(14)22)13-5-3-2-4-11(13)17/h2-5,12,14,18H,6-10H2,1H3/t12-,14-/m1/s1. The lowest BCUT2D eigenvalue weighted by Crippen LogP contribution is -2.55. The maximum absolute atomic E-state index is 12.7. The van der Waals surface area contributed by atoms with Crippen LogP contribution < -0.4 is 10.2 Å². The van der Waals surface area contributed by atoms with Gasteiger partial charge in [0.1, 0.15) is 12.1 Å². The maximum Gasteiger partial charge on any atom is 0.249 e. The summed E-state index contributed by atoms with van der Waals surface area (Å²) in [4.78, 5) is 28.4. The van der Waals surface area contributed by atoms with Crippen molar-refractivity contribution in [3.63, 3.8) is 0 Å². The van der Waals surface area contributed by atoms with Gasteiger partial charge in [-0.05, 0) is 18.6 Å². The molecule has 0 aliphatic carbocycles. The monoisotopic (exact) mass is 337 g/mol. The summed E-state index contributed by atoms with van der Waals surface area (Å²) in [7, 11) is 1.68. The van der Waals surface area contributed by atoms with Crippen LogP contribution in [0.1, 0.15) is 6.42 Å². The van der Waals surface area contributed by atoms with Crippen molar-refractivity contribution in [1.29, 1.82) is 0 Å². The van der Waals surface area contributed by atoms with Crippen LogP contribution >= 0.6 is 11.6 Å². The van der Waals surface area contributed by atoms with E-state index in [2.05, 4.69) is 5.32 Å². The zero-order valence-electron chi connectivity index (χ0n) is 13.0. The van der Waals surface area contributed by atoms with Gasteiger partial charge in [-0.1, -0.05) is 23.7 Å². The summed E-state index contributed by atoms with van der Waals surface area (Å²) in [5, 5.41) is 3.67. The van der Waals surface area contributed by atoms with Crippen molar-refractivity contribution in [2.24, 2.45) is 0 Å². The summed E-state index contributed by atoms with van der Waals surface area (Å²) < 4.78 is 5.33. The van der Waals surface area contributed by atoms with Crippen LogP contribution in [-0.2, 0) is 14.3 Å². The van der Waals surface area contributed by atoms with Gasteiger partial charge in [-0.3, -0.25) is 9.59 Å². The van der Waals surface area contributed by atoms with Gasteiger partial charge in [0.15, 0.2) is 0 Å². The highest BCUT2D eigenvalue weighted by molar-refractivity contribution is 6.34. The van der Waals surface area contributed by atoms with E-state index in [9.17, 15) is 9.59 Å². The van der Waals surface area contributed by atoms with E-state index in [1.165, 1.54) is 4.90 Å². The van der Waals surface area contributed by atoms with Gasteiger partial charge in [0, 0.05) is 20.1 Å². The second-order valence-corrected chi connectivity index (χ2v) is 6.18. The molecule has 0 radical (unpaired) electrons. The van der Waals surface area contributed by atoms with E-state index in [4.69, 9.17) is 16.3 Å². The number of amides is 2. The van der Waals surface area contributed by atoms with Crippen molar-refractivity contribution in [3.05, 3.63) is 29.3 Å². The van der Waals surface area contributed by atoms with Gasteiger partial charge in [0.05, 0.1) is 23.9 Å². The molecule has 0 aromatic heterocycles. The first-order valence-corrected chi connectivity index (χ1v) is 8.11. The number of carbonyl (C=O) groups is 2. The molecule has 3 rings (SSSR count). The molecule has 7 heteroatoms. The Morgan fingerprint density at radius 2 is 2.22 bits per heavy atom. The molecule has 0 bridgehead atoms. The molecule has 1 N–H and O–H groups in total. The Balaban J connectivity index is 1.71. The van der Waals surface area contributed by atoms with E-state index >= 15 is 0 Å². The number of hydrogen-bond acceptors (Lipinski definition) is 4.